The van der Waals surface area contributed by atoms with Crippen LogP contribution in [0.5, 0.6) is 0 Å². The van der Waals surface area contributed by atoms with Gasteiger partial charge in [-0.3, -0.25) is 4.79 Å². The number of hydrogen-bond donors (Lipinski definition) is 3. The molecule has 1 rings (SSSR count). The predicted octanol–water partition coefficient (Wildman–Crippen LogP) is 6.07. The zero-order valence-corrected chi connectivity index (χ0v) is 17.8. The molecular formula is C24H41NO3. The van der Waals surface area contributed by atoms with Gasteiger partial charge in [0.25, 0.3) is 0 Å². The summed E-state index contributed by atoms with van der Waals surface area (Å²) in [5.74, 6) is -0.668. The van der Waals surface area contributed by atoms with Gasteiger partial charge in [0.15, 0.2) is 0 Å². The van der Waals surface area contributed by atoms with Crippen LogP contribution in [0.15, 0.2) is 24.3 Å². The van der Waals surface area contributed by atoms with Crippen LogP contribution in [0.4, 0.5) is 5.69 Å². The highest BCUT2D eigenvalue weighted by Crippen LogP contribution is 2.14. The van der Waals surface area contributed by atoms with Crippen molar-refractivity contribution in [2.45, 2.75) is 103 Å². The number of benzene rings is 1. The SMILES string of the molecule is CCCCCCCCCCCCCCCCNc1ccc(C(=O)C(O)O)cc1. The van der Waals surface area contributed by atoms with Crippen molar-refractivity contribution < 1.29 is 15.0 Å². The lowest BCUT2D eigenvalue weighted by molar-refractivity contribution is -0.0195. The second-order valence-electron chi connectivity index (χ2n) is 7.84. The van der Waals surface area contributed by atoms with E-state index in [9.17, 15) is 4.79 Å². The number of ketones is 1. The minimum Gasteiger partial charge on any atom is -0.385 e. The van der Waals surface area contributed by atoms with E-state index in [1.807, 2.05) is 0 Å². The number of carbonyl (C=O) groups excluding carboxylic acids is 1. The van der Waals surface area contributed by atoms with E-state index in [4.69, 9.17) is 10.2 Å². The van der Waals surface area contributed by atoms with Gasteiger partial charge in [0, 0.05) is 17.8 Å². The Morgan fingerprint density at radius 3 is 1.61 bits per heavy atom. The largest absolute Gasteiger partial charge is 0.385 e. The maximum atomic E-state index is 11.4. The highest BCUT2D eigenvalue weighted by Gasteiger charge is 2.13. The second kappa shape index (κ2) is 16.6. The average Bonchev–Trinajstić information content (AvgIpc) is 2.70. The summed E-state index contributed by atoms with van der Waals surface area (Å²) in [4.78, 5) is 11.4. The number of anilines is 1. The Kier molecular flexibility index (Phi) is 14.6. The molecule has 4 nitrogen and oxygen atoms in total. The third-order valence-electron chi connectivity index (χ3n) is 5.26. The standard InChI is InChI=1S/C24H41NO3/c1-2-3-4-5-6-7-8-9-10-11-12-13-14-15-20-25-22-18-16-21(17-19-22)23(26)24(27)28/h16-19,24-25,27-28H,2-15,20H2,1H3. The predicted molar refractivity (Wildman–Crippen MR) is 118 cm³/mol. The number of nitrogens with one attached hydrogen (secondary N) is 1. The molecule has 4 heteroatoms. The molecule has 0 unspecified atom stereocenters. The lowest BCUT2D eigenvalue weighted by Crippen LogP contribution is -2.19. The van der Waals surface area contributed by atoms with Crippen molar-refractivity contribution in [3.05, 3.63) is 29.8 Å². The monoisotopic (exact) mass is 391 g/mol. The normalized spacial score (nSPS) is 11.1. The molecule has 0 aliphatic heterocycles. The summed E-state index contributed by atoms with van der Waals surface area (Å²) in [5.41, 5.74) is 1.27. The molecule has 1 aromatic rings. The molecule has 0 saturated carbocycles. The highest BCUT2D eigenvalue weighted by molar-refractivity contribution is 5.98. The maximum Gasteiger partial charge on any atom is 0.218 e. The van der Waals surface area contributed by atoms with Gasteiger partial charge in [0.1, 0.15) is 0 Å². The Morgan fingerprint density at radius 2 is 1.18 bits per heavy atom. The van der Waals surface area contributed by atoms with Gasteiger partial charge in [0.2, 0.25) is 12.1 Å². The van der Waals surface area contributed by atoms with E-state index in [1.165, 1.54) is 83.5 Å². The van der Waals surface area contributed by atoms with Crippen LogP contribution >= 0.6 is 0 Å². The van der Waals surface area contributed by atoms with Crippen molar-refractivity contribution in [1.29, 1.82) is 0 Å². The third kappa shape index (κ3) is 12.1. The maximum absolute atomic E-state index is 11.4. The number of carbonyl (C=O) groups is 1. The molecule has 0 heterocycles. The van der Waals surface area contributed by atoms with E-state index in [-0.39, 0.29) is 0 Å². The summed E-state index contributed by atoms with van der Waals surface area (Å²) in [5, 5.41) is 21.1. The summed E-state index contributed by atoms with van der Waals surface area (Å²) < 4.78 is 0. The Morgan fingerprint density at radius 1 is 0.750 bits per heavy atom. The van der Waals surface area contributed by atoms with E-state index in [1.54, 1.807) is 24.3 Å². The van der Waals surface area contributed by atoms with Gasteiger partial charge in [-0.15, -0.1) is 0 Å². The molecule has 0 radical (unpaired) electrons. The van der Waals surface area contributed by atoms with Crippen molar-refractivity contribution >= 4 is 11.5 Å². The number of aliphatic hydroxyl groups excluding tert-OH is 1. The molecule has 160 valence electrons. The number of aliphatic hydroxyl groups is 2. The molecule has 28 heavy (non-hydrogen) atoms. The fourth-order valence-corrected chi connectivity index (χ4v) is 3.45. The molecule has 0 amide bonds. The molecule has 0 saturated heterocycles. The zero-order chi connectivity index (χ0) is 20.5. The molecular weight excluding hydrogens is 350 g/mol. The summed E-state index contributed by atoms with van der Waals surface area (Å²) in [6.45, 7) is 3.20. The van der Waals surface area contributed by atoms with Crippen molar-refractivity contribution in [2.24, 2.45) is 0 Å². The van der Waals surface area contributed by atoms with Crippen molar-refractivity contribution in [3.63, 3.8) is 0 Å². The smallest absolute Gasteiger partial charge is 0.218 e. The Hall–Kier alpha value is -1.39. The van der Waals surface area contributed by atoms with Gasteiger partial charge in [-0.25, -0.2) is 0 Å². The molecule has 0 spiro atoms. The number of unbranched alkanes of at least 4 members (excludes halogenated alkanes) is 13. The van der Waals surface area contributed by atoms with E-state index < -0.39 is 12.1 Å². The summed E-state index contributed by atoms with van der Waals surface area (Å²) >= 11 is 0. The summed E-state index contributed by atoms with van der Waals surface area (Å²) in [6.07, 6.45) is 17.1. The lowest BCUT2D eigenvalue weighted by Gasteiger charge is -2.08. The van der Waals surface area contributed by atoms with Crippen LogP contribution in [0, 0.1) is 0 Å². The molecule has 1 aromatic carbocycles. The third-order valence-corrected chi connectivity index (χ3v) is 5.26. The van der Waals surface area contributed by atoms with Crippen LogP contribution in [0.2, 0.25) is 0 Å². The molecule has 0 aliphatic carbocycles. The molecule has 0 bridgehead atoms. The fourth-order valence-electron chi connectivity index (χ4n) is 3.45. The summed E-state index contributed by atoms with van der Waals surface area (Å²) in [7, 11) is 0. The highest BCUT2D eigenvalue weighted by atomic mass is 16.5. The second-order valence-corrected chi connectivity index (χ2v) is 7.84. The first-order valence-electron chi connectivity index (χ1n) is 11.4. The topological polar surface area (TPSA) is 69.6 Å². The van der Waals surface area contributed by atoms with Gasteiger partial charge >= 0.3 is 0 Å². The minimum absolute atomic E-state index is 0.317. The van der Waals surface area contributed by atoms with Gasteiger partial charge in [-0.1, -0.05) is 90.4 Å². The molecule has 3 N–H and O–H groups in total. The van der Waals surface area contributed by atoms with E-state index >= 15 is 0 Å². The van der Waals surface area contributed by atoms with Crippen LogP contribution in [-0.4, -0.2) is 28.8 Å². The molecule has 0 aromatic heterocycles. The Balaban J connectivity index is 1.89. The number of Topliss-reactive ketones (excluding diaryl/α,β-unsaturated/α-hetero) is 1. The first kappa shape index (κ1) is 24.6. The Labute approximate surface area is 171 Å². The van der Waals surface area contributed by atoms with Crippen LogP contribution in [0.25, 0.3) is 0 Å². The average molecular weight is 392 g/mol. The van der Waals surface area contributed by atoms with Crippen molar-refractivity contribution in [1.82, 2.24) is 0 Å². The first-order chi connectivity index (χ1) is 13.6. The Bertz CT molecular complexity index is 499. The quantitative estimate of drug-likeness (QED) is 0.161. The van der Waals surface area contributed by atoms with E-state index in [2.05, 4.69) is 12.2 Å². The van der Waals surface area contributed by atoms with E-state index in [0.29, 0.717) is 5.56 Å². The molecule has 0 atom stereocenters. The molecule has 0 aliphatic rings. The van der Waals surface area contributed by atoms with Gasteiger partial charge < -0.3 is 15.5 Å². The van der Waals surface area contributed by atoms with Crippen LogP contribution in [0.3, 0.4) is 0 Å². The molecule has 0 fully saturated rings. The van der Waals surface area contributed by atoms with Crippen LogP contribution in [0.1, 0.15) is 107 Å². The summed E-state index contributed by atoms with van der Waals surface area (Å²) in [6, 6.07) is 6.85. The minimum atomic E-state index is -1.94. The lowest BCUT2D eigenvalue weighted by atomic mass is 10.0. The number of rotatable bonds is 18. The van der Waals surface area contributed by atoms with Crippen molar-refractivity contribution in [3.8, 4) is 0 Å². The fraction of sp³-hybridized carbons (Fsp3) is 0.708. The van der Waals surface area contributed by atoms with E-state index in [0.717, 1.165) is 18.7 Å². The number of hydrogen-bond acceptors (Lipinski definition) is 4. The zero-order valence-electron chi connectivity index (χ0n) is 17.8. The first-order valence-corrected chi connectivity index (χ1v) is 11.4. The van der Waals surface area contributed by atoms with Gasteiger partial charge in [-0.05, 0) is 30.7 Å². The van der Waals surface area contributed by atoms with Gasteiger partial charge in [-0.2, -0.15) is 0 Å². The van der Waals surface area contributed by atoms with Crippen LogP contribution in [-0.2, 0) is 0 Å². The van der Waals surface area contributed by atoms with Crippen LogP contribution < -0.4 is 5.32 Å². The van der Waals surface area contributed by atoms with Gasteiger partial charge in [0.05, 0.1) is 0 Å². The van der Waals surface area contributed by atoms with Crippen molar-refractivity contribution in [2.75, 3.05) is 11.9 Å².